The van der Waals surface area contributed by atoms with Crippen LogP contribution < -0.4 is 5.32 Å². The lowest BCUT2D eigenvalue weighted by atomic mass is 10.3. The Bertz CT molecular complexity index is 185. The number of hydrogen-bond acceptors (Lipinski definition) is 4. The number of carbonyl (C=O) groups excluding carboxylic acids is 1. The molecule has 0 aromatic rings. The summed E-state index contributed by atoms with van der Waals surface area (Å²) in [6.45, 7) is 4.93. The number of ether oxygens (including phenoxy) is 1. The van der Waals surface area contributed by atoms with Gasteiger partial charge in [-0.2, -0.15) is 0 Å². The molecule has 14 heavy (non-hydrogen) atoms. The third kappa shape index (κ3) is 3.93. The Balaban J connectivity index is 2.07. The molecule has 0 aromatic heterocycles. The van der Waals surface area contributed by atoms with E-state index in [0.717, 1.165) is 13.0 Å². The van der Waals surface area contributed by atoms with Gasteiger partial charge in [-0.05, 0) is 13.3 Å². The van der Waals surface area contributed by atoms with Crippen LogP contribution >= 0.6 is 0 Å². The van der Waals surface area contributed by atoms with Crippen molar-refractivity contribution in [3.05, 3.63) is 0 Å². The predicted molar refractivity (Wildman–Crippen MR) is 52.1 cm³/mol. The fraction of sp³-hybridized carbons (Fsp3) is 0.889. The minimum absolute atomic E-state index is 0.227. The summed E-state index contributed by atoms with van der Waals surface area (Å²) in [4.78, 5) is 12.8. The molecule has 0 saturated carbocycles. The van der Waals surface area contributed by atoms with Crippen molar-refractivity contribution >= 4 is 6.09 Å². The molecule has 0 aliphatic carbocycles. The zero-order chi connectivity index (χ0) is 10.4. The molecule has 0 spiro atoms. The molecule has 1 fully saturated rings. The van der Waals surface area contributed by atoms with Crippen molar-refractivity contribution in [1.29, 1.82) is 0 Å². The van der Waals surface area contributed by atoms with Gasteiger partial charge in [0, 0.05) is 26.2 Å². The van der Waals surface area contributed by atoms with Crippen LogP contribution in [0.1, 0.15) is 13.3 Å². The van der Waals surface area contributed by atoms with Crippen LogP contribution in [0.15, 0.2) is 0 Å². The van der Waals surface area contributed by atoms with Gasteiger partial charge < -0.3 is 20.1 Å². The van der Waals surface area contributed by atoms with E-state index in [1.54, 1.807) is 11.8 Å². The van der Waals surface area contributed by atoms with Crippen molar-refractivity contribution in [2.24, 2.45) is 0 Å². The smallest absolute Gasteiger partial charge is 0.409 e. The Morgan fingerprint density at radius 1 is 1.71 bits per heavy atom. The first-order chi connectivity index (χ1) is 6.70. The first-order valence-corrected chi connectivity index (χ1v) is 5.00. The van der Waals surface area contributed by atoms with Crippen LogP contribution in [0.4, 0.5) is 4.79 Å². The highest BCUT2D eigenvalue weighted by molar-refractivity contribution is 5.68. The molecule has 1 atom stereocenters. The zero-order valence-corrected chi connectivity index (χ0v) is 8.53. The number of amides is 1. The van der Waals surface area contributed by atoms with E-state index in [9.17, 15) is 4.79 Å². The summed E-state index contributed by atoms with van der Waals surface area (Å²) in [5.74, 6) is 0. The SMILES string of the molecule is CC(O)CNCCN1CCCOC1=O. The van der Waals surface area contributed by atoms with E-state index in [0.29, 0.717) is 26.2 Å². The lowest BCUT2D eigenvalue weighted by Gasteiger charge is -2.26. The Hall–Kier alpha value is -0.810. The van der Waals surface area contributed by atoms with Crippen molar-refractivity contribution in [1.82, 2.24) is 10.2 Å². The fourth-order valence-electron chi connectivity index (χ4n) is 1.33. The second-order valence-corrected chi connectivity index (χ2v) is 3.51. The summed E-state index contributed by atoms with van der Waals surface area (Å²) < 4.78 is 4.88. The van der Waals surface area contributed by atoms with Crippen molar-refractivity contribution in [2.45, 2.75) is 19.4 Å². The van der Waals surface area contributed by atoms with Gasteiger partial charge in [-0.25, -0.2) is 4.79 Å². The summed E-state index contributed by atoms with van der Waals surface area (Å²) in [5, 5.41) is 12.0. The molecule has 5 heteroatoms. The molecule has 1 rings (SSSR count). The molecule has 0 aromatic carbocycles. The number of nitrogens with one attached hydrogen (secondary N) is 1. The lowest BCUT2D eigenvalue weighted by molar-refractivity contribution is 0.0730. The highest BCUT2D eigenvalue weighted by Gasteiger charge is 2.18. The number of nitrogens with zero attached hydrogens (tertiary/aromatic N) is 1. The van der Waals surface area contributed by atoms with E-state index in [2.05, 4.69) is 5.32 Å². The predicted octanol–water partition coefficient (Wildman–Crippen LogP) is -0.201. The molecule has 0 bridgehead atoms. The van der Waals surface area contributed by atoms with Crippen molar-refractivity contribution in [3.63, 3.8) is 0 Å². The van der Waals surface area contributed by atoms with E-state index in [1.165, 1.54) is 0 Å². The molecule has 1 aliphatic rings. The number of carbonyl (C=O) groups is 1. The number of cyclic esters (lactones) is 1. The van der Waals surface area contributed by atoms with Gasteiger partial charge in [-0.15, -0.1) is 0 Å². The van der Waals surface area contributed by atoms with Crippen molar-refractivity contribution < 1.29 is 14.6 Å². The number of aliphatic hydroxyl groups excluding tert-OH is 1. The van der Waals surface area contributed by atoms with Gasteiger partial charge in [0.2, 0.25) is 0 Å². The van der Waals surface area contributed by atoms with E-state index in [4.69, 9.17) is 9.84 Å². The van der Waals surface area contributed by atoms with Crippen LogP contribution in [0.5, 0.6) is 0 Å². The van der Waals surface area contributed by atoms with E-state index < -0.39 is 0 Å². The van der Waals surface area contributed by atoms with Gasteiger partial charge >= 0.3 is 6.09 Å². The first kappa shape index (κ1) is 11.3. The van der Waals surface area contributed by atoms with Gasteiger partial charge in [0.15, 0.2) is 0 Å². The quantitative estimate of drug-likeness (QED) is 0.606. The second kappa shape index (κ2) is 5.82. The van der Waals surface area contributed by atoms with Gasteiger partial charge in [-0.3, -0.25) is 0 Å². The number of aliphatic hydroxyl groups is 1. The molecule has 1 unspecified atom stereocenters. The lowest BCUT2D eigenvalue weighted by Crippen LogP contribution is -2.42. The molecule has 0 radical (unpaired) electrons. The molecule has 2 N–H and O–H groups in total. The minimum Gasteiger partial charge on any atom is -0.449 e. The highest BCUT2D eigenvalue weighted by atomic mass is 16.6. The van der Waals surface area contributed by atoms with E-state index >= 15 is 0 Å². The monoisotopic (exact) mass is 202 g/mol. The zero-order valence-electron chi connectivity index (χ0n) is 8.53. The number of hydrogen-bond donors (Lipinski definition) is 2. The average Bonchev–Trinajstić information content (AvgIpc) is 2.15. The van der Waals surface area contributed by atoms with Crippen molar-refractivity contribution in [2.75, 3.05) is 32.8 Å². The second-order valence-electron chi connectivity index (χ2n) is 3.51. The van der Waals surface area contributed by atoms with Gasteiger partial charge in [0.1, 0.15) is 0 Å². The minimum atomic E-state index is -0.344. The highest BCUT2D eigenvalue weighted by Crippen LogP contribution is 2.02. The molecular weight excluding hydrogens is 184 g/mol. The van der Waals surface area contributed by atoms with Crippen molar-refractivity contribution in [3.8, 4) is 0 Å². The molecule has 1 saturated heterocycles. The first-order valence-electron chi connectivity index (χ1n) is 5.00. The average molecular weight is 202 g/mol. The maximum atomic E-state index is 11.1. The van der Waals surface area contributed by atoms with Gasteiger partial charge in [0.05, 0.1) is 12.7 Å². The van der Waals surface area contributed by atoms with Crippen LogP contribution in [0.2, 0.25) is 0 Å². The third-order valence-corrected chi connectivity index (χ3v) is 2.05. The van der Waals surface area contributed by atoms with Crippen LogP contribution in [0.3, 0.4) is 0 Å². The van der Waals surface area contributed by atoms with E-state index in [1.807, 2.05) is 0 Å². The molecule has 1 amide bonds. The van der Waals surface area contributed by atoms with Crippen LogP contribution in [0, 0.1) is 0 Å². The fourth-order valence-corrected chi connectivity index (χ4v) is 1.33. The maximum absolute atomic E-state index is 11.1. The normalized spacial score (nSPS) is 19.3. The summed E-state index contributed by atoms with van der Waals surface area (Å²) in [7, 11) is 0. The Kier molecular flexibility index (Phi) is 4.69. The standard InChI is InChI=1S/C9H18N2O3/c1-8(12)7-10-3-5-11-4-2-6-14-9(11)13/h8,10,12H,2-7H2,1H3. The molecule has 82 valence electrons. The largest absolute Gasteiger partial charge is 0.449 e. The Morgan fingerprint density at radius 2 is 2.50 bits per heavy atom. The molecule has 1 aliphatic heterocycles. The van der Waals surface area contributed by atoms with Crippen LogP contribution in [0.25, 0.3) is 0 Å². The maximum Gasteiger partial charge on any atom is 0.409 e. The number of rotatable bonds is 5. The summed E-state index contributed by atoms with van der Waals surface area (Å²) in [6, 6.07) is 0. The van der Waals surface area contributed by atoms with Crippen LogP contribution in [-0.2, 0) is 4.74 Å². The third-order valence-electron chi connectivity index (χ3n) is 2.05. The molecule has 5 nitrogen and oxygen atoms in total. The van der Waals surface area contributed by atoms with Gasteiger partial charge in [-0.1, -0.05) is 0 Å². The summed E-state index contributed by atoms with van der Waals surface area (Å²) in [6.07, 6.45) is 0.334. The summed E-state index contributed by atoms with van der Waals surface area (Å²) in [5.41, 5.74) is 0. The molecule has 1 heterocycles. The Morgan fingerprint density at radius 3 is 3.14 bits per heavy atom. The van der Waals surface area contributed by atoms with Gasteiger partial charge in [0.25, 0.3) is 0 Å². The van der Waals surface area contributed by atoms with Crippen LogP contribution in [-0.4, -0.2) is 55.0 Å². The molecular formula is C9H18N2O3. The topological polar surface area (TPSA) is 61.8 Å². The summed E-state index contributed by atoms with van der Waals surface area (Å²) >= 11 is 0. The van der Waals surface area contributed by atoms with E-state index in [-0.39, 0.29) is 12.2 Å². The Labute approximate surface area is 84.0 Å².